The van der Waals surface area contributed by atoms with Crippen LogP contribution in [0.25, 0.3) is 16.3 Å². The Morgan fingerprint density at radius 1 is 1.16 bits per heavy atom. The molecule has 8 heteroatoms. The summed E-state index contributed by atoms with van der Waals surface area (Å²) in [5.74, 6) is -0.176. The van der Waals surface area contributed by atoms with Crippen LogP contribution < -0.4 is 10.7 Å². The zero-order valence-corrected chi connectivity index (χ0v) is 15.1. The number of amides is 1. The van der Waals surface area contributed by atoms with Gasteiger partial charge in [0.2, 0.25) is 5.13 Å². The quantitative estimate of drug-likeness (QED) is 0.512. The highest BCUT2D eigenvalue weighted by Crippen LogP contribution is 2.28. The summed E-state index contributed by atoms with van der Waals surface area (Å²) in [5, 5.41) is 8.79. The second-order valence-corrected chi connectivity index (χ2v) is 7.63. The van der Waals surface area contributed by atoms with E-state index in [1.807, 2.05) is 36.4 Å². The lowest BCUT2D eigenvalue weighted by Gasteiger charge is -1.95. The summed E-state index contributed by atoms with van der Waals surface area (Å²) < 4.78 is 1.08. The third-order valence-electron chi connectivity index (χ3n) is 3.37. The Bertz CT molecular complexity index is 978. The summed E-state index contributed by atoms with van der Waals surface area (Å²) in [7, 11) is 0. The van der Waals surface area contributed by atoms with E-state index in [4.69, 9.17) is 11.6 Å². The number of anilines is 1. The number of rotatable bonds is 3. The molecule has 1 fully saturated rings. The van der Waals surface area contributed by atoms with Gasteiger partial charge in [-0.2, -0.15) is 0 Å². The molecule has 0 saturated carbocycles. The van der Waals surface area contributed by atoms with Gasteiger partial charge < -0.3 is 0 Å². The molecular weight excluding hydrogens is 376 g/mol. The van der Waals surface area contributed by atoms with Gasteiger partial charge in [0, 0.05) is 5.02 Å². The molecule has 0 unspecified atom stereocenters. The van der Waals surface area contributed by atoms with Gasteiger partial charge in [0.15, 0.2) is 5.17 Å². The first-order valence-corrected chi connectivity index (χ1v) is 9.34. The van der Waals surface area contributed by atoms with Gasteiger partial charge in [-0.25, -0.2) is 4.98 Å². The molecule has 1 aliphatic heterocycles. The molecule has 0 aliphatic carbocycles. The molecular formula is C17H11ClN4OS2. The highest BCUT2D eigenvalue weighted by molar-refractivity contribution is 8.18. The Balaban J connectivity index is 1.49. The van der Waals surface area contributed by atoms with Gasteiger partial charge in [0.05, 0.1) is 15.1 Å². The topological polar surface area (TPSA) is 66.4 Å². The van der Waals surface area contributed by atoms with E-state index in [0.29, 0.717) is 20.2 Å². The van der Waals surface area contributed by atoms with Crippen LogP contribution >= 0.6 is 34.7 Å². The molecule has 25 heavy (non-hydrogen) atoms. The van der Waals surface area contributed by atoms with E-state index in [1.54, 1.807) is 18.2 Å². The second-order valence-electron chi connectivity index (χ2n) is 5.13. The molecule has 1 saturated heterocycles. The van der Waals surface area contributed by atoms with E-state index in [9.17, 15) is 4.79 Å². The summed E-state index contributed by atoms with van der Waals surface area (Å²) in [6.07, 6.45) is 1.80. The lowest BCUT2D eigenvalue weighted by molar-refractivity contribution is -0.115. The fourth-order valence-corrected chi connectivity index (χ4v) is 3.93. The highest BCUT2D eigenvalue weighted by atomic mass is 35.5. The number of benzene rings is 2. The van der Waals surface area contributed by atoms with E-state index in [-0.39, 0.29) is 5.91 Å². The zero-order valence-electron chi connectivity index (χ0n) is 12.7. The summed E-state index contributed by atoms with van der Waals surface area (Å²) in [4.78, 5) is 17.1. The molecule has 2 N–H and O–H groups in total. The Kier molecular flexibility index (Phi) is 4.44. The van der Waals surface area contributed by atoms with Gasteiger partial charge in [-0.1, -0.05) is 47.2 Å². The van der Waals surface area contributed by atoms with Crippen molar-refractivity contribution < 1.29 is 4.79 Å². The molecule has 0 radical (unpaired) electrons. The van der Waals surface area contributed by atoms with Crippen LogP contribution in [0.1, 0.15) is 5.56 Å². The zero-order chi connectivity index (χ0) is 17.2. The molecule has 3 aromatic rings. The standard InChI is InChI=1S/C17H11ClN4OS2/c18-11-7-5-10(6-8-11)9-14-15(23)20-17(25-14)22-21-16-19-12-3-1-2-4-13(12)24-16/h1-9H,(H,19,21)(H,20,22,23)/b14-9-. The fraction of sp³-hybridized carbons (Fsp3) is 0. The number of halogens is 1. The number of para-hydroxylation sites is 1. The predicted octanol–water partition coefficient (Wildman–Crippen LogP) is 4.54. The number of carbonyl (C=O) groups is 1. The van der Waals surface area contributed by atoms with Crippen LogP contribution in [0.3, 0.4) is 0 Å². The van der Waals surface area contributed by atoms with E-state index < -0.39 is 0 Å². The molecule has 2 aromatic carbocycles. The van der Waals surface area contributed by atoms with Crippen molar-refractivity contribution >= 4 is 67.2 Å². The molecule has 124 valence electrons. The van der Waals surface area contributed by atoms with Crippen LogP contribution in [0.15, 0.2) is 58.5 Å². The number of thiazole rings is 1. The second kappa shape index (κ2) is 6.87. The highest BCUT2D eigenvalue weighted by Gasteiger charge is 2.24. The third kappa shape index (κ3) is 3.68. The fourth-order valence-electron chi connectivity index (χ4n) is 2.21. The van der Waals surface area contributed by atoms with E-state index in [0.717, 1.165) is 15.8 Å². The first kappa shape index (κ1) is 16.1. The Morgan fingerprint density at radius 2 is 1.96 bits per heavy atom. The van der Waals surface area contributed by atoms with Crippen LogP contribution in [-0.4, -0.2) is 16.1 Å². The number of amidine groups is 1. The number of nitrogens with one attached hydrogen (secondary N) is 2. The van der Waals surface area contributed by atoms with E-state index in [2.05, 4.69) is 20.8 Å². The first-order chi connectivity index (χ1) is 12.2. The van der Waals surface area contributed by atoms with Gasteiger partial charge >= 0.3 is 0 Å². The number of carbonyl (C=O) groups excluding carboxylic acids is 1. The SMILES string of the molecule is O=C1NC(=NNc2nc3ccccc3s2)S/C1=C\c1ccc(Cl)cc1. The van der Waals surface area contributed by atoms with Gasteiger partial charge in [-0.15, -0.1) is 5.10 Å². The normalized spacial score (nSPS) is 17.4. The van der Waals surface area contributed by atoms with Crippen LogP contribution in [0.4, 0.5) is 5.13 Å². The van der Waals surface area contributed by atoms with Crippen molar-refractivity contribution in [2.45, 2.75) is 0 Å². The third-order valence-corrected chi connectivity index (χ3v) is 5.47. The molecule has 1 aliphatic rings. The first-order valence-electron chi connectivity index (χ1n) is 7.33. The van der Waals surface area contributed by atoms with Gasteiger partial charge in [0.25, 0.3) is 5.91 Å². The summed E-state index contributed by atoms with van der Waals surface area (Å²) in [6, 6.07) is 15.2. The number of hydrogen-bond donors (Lipinski definition) is 2. The largest absolute Gasteiger partial charge is 0.299 e. The van der Waals surface area contributed by atoms with Crippen LogP contribution in [0, 0.1) is 0 Å². The van der Waals surface area contributed by atoms with E-state index >= 15 is 0 Å². The smallest absolute Gasteiger partial charge is 0.264 e. The Morgan fingerprint density at radius 3 is 2.76 bits per heavy atom. The molecule has 0 spiro atoms. The minimum atomic E-state index is -0.176. The maximum atomic E-state index is 12.1. The molecule has 4 rings (SSSR count). The van der Waals surface area contributed by atoms with Crippen molar-refractivity contribution in [3.05, 3.63) is 64.0 Å². The number of hydrogen-bond acceptors (Lipinski definition) is 6. The molecule has 1 aromatic heterocycles. The number of aromatic nitrogens is 1. The maximum Gasteiger partial charge on any atom is 0.264 e. The molecule has 0 atom stereocenters. The predicted molar refractivity (Wildman–Crippen MR) is 106 cm³/mol. The lowest BCUT2D eigenvalue weighted by Crippen LogP contribution is -2.20. The van der Waals surface area contributed by atoms with Crippen molar-refractivity contribution in [3.63, 3.8) is 0 Å². The number of thioether (sulfide) groups is 1. The van der Waals surface area contributed by atoms with Crippen molar-refractivity contribution in [2.24, 2.45) is 5.10 Å². The number of hydrazone groups is 1. The molecule has 2 heterocycles. The lowest BCUT2D eigenvalue weighted by atomic mass is 10.2. The Hall–Kier alpha value is -2.35. The molecule has 0 bridgehead atoms. The minimum Gasteiger partial charge on any atom is -0.299 e. The van der Waals surface area contributed by atoms with Gasteiger partial charge in [-0.3, -0.25) is 15.5 Å². The van der Waals surface area contributed by atoms with Crippen molar-refractivity contribution in [1.82, 2.24) is 10.3 Å². The summed E-state index contributed by atoms with van der Waals surface area (Å²) >= 11 is 8.65. The van der Waals surface area contributed by atoms with Crippen molar-refractivity contribution in [2.75, 3.05) is 5.43 Å². The monoisotopic (exact) mass is 386 g/mol. The van der Waals surface area contributed by atoms with Gasteiger partial charge in [-0.05, 0) is 47.7 Å². The Labute approximate surface area is 156 Å². The van der Waals surface area contributed by atoms with Crippen LogP contribution in [0.5, 0.6) is 0 Å². The van der Waals surface area contributed by atoms with Crippen LogP contribution in [-0.2, 0) is 4.79 Å². The minimum absolute atomic E-state index is 0.176. The number of nitrogens with zero attached hydrogens (tertiary/aromatic N) is 2. The van der Waals surface area contributed by atoms with Gasteiger partial charge in [0.1, 0.15) is 0 Å². The van der Waals surface area contributed by atoms with E-state index in [1.165, 1.54) is 23.1 Å². The van der Waals surface area contributed by atoms with Crippen molar-refractivity contribution in [1.29, 1.82) is 0 Å². The molecule has 1 amide bonds. The maximum absolute atomic E-state index is 12.1. The average molecular weight is 387 g/mol. The summed E-state index contributed by atoms with van der Waals surface area (Å²) in [5.41, 5.74) is 4.73. The summed E-state index contributed by atoms with van der Waals surface area (Å²) in [6.45, 7) is 0. The van der Waals surface area contributed by atoms with Crippen LogP contribution in [0.2, 0.25) is 5.02 Å². The molecule has 5 nitrogen and oxygen atoms in total. The number of fused-ring (bicyclic) bond motifs is 1. The van der Waals surface area contributed by atoms with Crippen molar-refractivity contribution in [3.8, 4) is 0 Å². The average Bonchev–Trinajstić information content (AvgIpc) is 3.18.